The Morgan fingerprint density at radius 1 is 0.976 bits per heavy atom. The SMILES string of the molecule is O=C(Cc1cccc(Br)c1)NC1NN=C(C2CCCC(c3nnc(CC4(C(=O)Cc5cccc(Br)c5)CC4)s3)C2)S1. The van der Waals surface area contributed by atoms with Crippen molar-refractivity contribution in [3.63, 3.8) is 0 Å². The molecule has 2 N–H and O–H groups in total. The molecule has 6 rings (SSSR count). The van der Waals surface area contributed by atoms with Crippen LogP contribution in [0.25, 0.3) is 0 Å². The van der Waals surface area contributed by atoms with Crippen molar-refractivity contribution in [3.05, 3.63) is 78.6 Å². The van der Waals surface area contributed by atoms with Crippen LogP contribution < -0.4 is 10.7 Å². The van der Waals surface area contributed by atoms with Crippen LogP contribution in [0.1, 0.15) is 65.6 Å². The van der Waals surface area contributed by atoms with Gasteiger partial charge in [0.05, 0.1) is 6.42 Å². The molecule has 0 saturated heterocycles. The minimum Gasteiger partial charge on any atom is -0.326 e. The van der Waals surface area contributed by atoms with Crippen LogP contribution in [-0.4, -0.2) is 32.4 Å². The number of Topliss-reactive ketones (excluding diaryl/α,β-unsaturated/α-hetero) is 1. The van der Waals surface area contributed by atoms with Crippen LogP contribution in [0.3, 0.4) is 0 Å². The van der Waals surface area contributed by atoms with Crippen LogP contribution in [-0.2, 0) is 28.9 Å². The predicted octanol–water partition coefficient (Wildman–Crippen LogP) is 6.76. The summed E-state index contributed by atoms with van der Waals surface area (Å²) in [4.78, 5) is 25.8. The first-order valence-electron chi connectivity index (χ1n) is 14.0. The van der Waals surface area contributed by atoms with E-state index in [1.165, 1.54) is 0 Å². The third-order valence-corrected chi connectivity index (χ3v) is 11.3. The van der Waals surface area contributed by atoms with Crippen molar-refractivity contribution >= 4 is 71.7 Å². The normalized spacial score (nSPS) is 23.0. The molecule has 1 aliphatic heterocycles. The highest BCUT2D eigenvalue weighted by molar-refractivity contribution is 9.10. The minimum atomic E-state index is -0.272. The highest BCUT2D eigenvalue weighted by Gasteiger charge is 2.49. The number of hydrogen-bond donors (Lipinski definition) is 2. The summed E-state index contributed by atoms with van der Waals surface area (Å²) in [6, 6.07) is 15.8. The summed E-state index contributed by atoms with van der Waals surface area (Å²) in [5, 5.41) is 19.9. The van der Waals surface area contributed by atoms with E-state index in [0.717, 1.165) is 73.7 Å². The largest absolute Gasteiger partial charge is 0.326 e. The van der Waals surface area contributed by atoms with Gasteiger partial charge in [-0.05, 0) is 67.5 Å². The smallest absolute Gasteiger partial charge is 0.226 e. The molecule has 3 aromatic rings. The monoisotopic (exact) mass is 715 g/mol. The average molecular weight is 718 g/mol. The standard InChI is InChI=1S/C30H31Br2N5O2S2/c31-22-8-1-4-18(12-22)14-24(38)30(10-11-30)17-26-34-35-27(40-26)20-6-3-7-21(16-20)28-36-37-29(41-28)33-25(39)15-19-5-2-9-23(32)13-19/h1-2,4-5,8-9,12-13,20-21,29,37H,3,6-7,10-11,14-17H2,(H,33,39). The molecule has 3 unspecified atom stereocenters. The summed E-state index contributed by atoms with van der Waals surface area (Å²) in [6.45, 7) is 0. The lowest BCUT2D eigenvalue weighted by molar-refractivity contribution is -0.123. The van der Waals surface area contributed by atoms with E-state index >= 15 is 0 Å². The Balaban J connectivity index is 1.01. The maximum atomic E-state index is 13.2. The number of rotatable bonds is 10. The second kappa shape index (κ2) is 12.7. The number of thioether (sulfide) groups is 1. The molecule has 2 aliphatic carbocycles. The summed E-state index contributed by atoms with van der Waals surface area (Å²) >= 11 is 10.3. The summed E-state index contributed by atoms with van der Waals surface area (Å²) < 4.78 is 1.97. The van der Waals surface area contributed by atoms with Crippen molar-refractivity contribution in [1.82, 2.24) is 20.9 Å². The summed E-state index contributed by atoms with van der Waals surface area (Å²) in [5.74, 6) is 0.969. The number of nitrogens with one attached hydrogen (secondary N) is 2. The molecule has 3 atom stereocenters. The van der Waals surface area contributed by atoms with E-state index in [2.05, 4.69) is 57.9 Å². The van der Waals surface area contributed by atoms with Crippen LogP contribution in [0.4, 0.5) is 0 Å². The molecule has 0 radical (unpaired) electrons. The molecular formula is C30H31Br2N5O2S2. The van der Waals surface area contributed by atoms with E-state index < -0.39 is 0 Å². The molecule has 214 valence electrons. The molecular weight excluding hydrogens is 686 g/mol. The van der Waals surface area contributed by atoms with Crippen LogP contribution in [0.5, 0.6) is 0 Å². The topological polar surface area (TPSA) is 96.3 Å². The average Bonchev–Trinajstić information content (AvgIpc) is 3.34. The van der Waals surface area contributed by atoms with Gasteiger partial charge in [0.1, 0.15) is 20.8 Å². The number of ketones is 1. The molecule has 11 heteroatoms. The molecule has 2 heterocycles. The van der Waals surface area contributed by atoms with Crippen molar-refractivity contribution in [3.8, 4) is 0 Å². The number of hydrazone groups is 1. The second-order valence-corrected chi connectivity index (χ2v) is 15.3. The lowest BCUT2D eigenvalue weighted by atomic mass is 9.82. The molecule has 7 nitrogen and oxygen atoms in total. The van der Waals surface area contributed by atoms with E-state index in [0.29, 0.717) is 36.9 Å². The van der Waals surface area contributed by atoms with Crippen molar-refractivity contribution in [2.24, 2.45) is 16.4 Å². The minimum absolute atomic E-state index is 0.0315. The number of carbonyl (C=O) groups excluding carboxylic acids is 2. The van der Waals surface area contributed by atoms with Crippen molar-refractivity contribution in [2.45, 2.75) is 69.2 Å². The maximum absolute atomic E-state index is 13.2. The van der Waals surface area contributed by atoms with Gasteiger partial charge in [-0.15, -0.1) is 21.5 Å². The molecule has 41 heavy (non-hydrogen) atoms. The first-order valence-corrected chi connectivity index (χ1v) is 17.3. The first-order chi connectivity index (χ1) is 19.8. The number of nitrogens with zero attached hydrogens (tertiary/aromatic N) is 3. The lowest BCUT2D eigenvalue weighted by Crippen LogP contribution is -2.39. The molecule has 1 aromatic heterocycles. The number of amides is 1. The van der Waals surface area contributed by atoms with Crippen molar-refractivity contribution < 1.29 is 9.59 Å². The summed E-state index contributed by atoms with van der Waals surface area (Å²) in [6.07, 6.45) is 7.63. The Hall–Kier alpha value is -2.08. The quantitative estimate of drug-likeness (QED) is 0.241. The number of halogens is 2. The van der Waals surface area contributed by atoms with E-state index in [1.807, 2.05) is 48.5 Å². The van der Waals surface area contributed by atoms with Gasteiger partial charge in [-0.1, -0.05) is 74.3 Å². The van der Waals surface area contributed by atoms with Crippen molar-refractivity contribution in [1.29, 1.82) is 0 Å². The van der Waals surface area contributed by atoms with Crippen LogP contribution >= 0.6 is 55.0 Å². The maximum Gasteiger partial charge on any atom is 0.226 e. The highest BCUT2D eigenvalue weighted by Crippen LogP contribution is 2.50. The Morgan fingerprint density at radius 2 is 1.68 bits per heavy atom. The van der Waals surface area contributed by atoms with Crippen LogP contribution in [0.2, 0.25) is 0 Å². The molecule has 3 aliphatic rings. The zero-order chi connectivity index (χ0) is 28.4. The molecule has 2 fully saturated rings. The van der Waals surface area contributed by atoms with E-state index in [9.17, 15) is 9.59 Å². The van der Waals surface area contributed by atoms with Crippen LogP contribution in [0, 0.1) is 11.3 Å². The fourth-order valence-corrected chi connectivity index (χ4v) is 8.81. The van der Waals surface area contributed by atoms with Gasteiger partial charge in [-0.25, -0.2) is 0 Å². The highest BCUT2D eigenvalue weighted by atomic mass is 79.9. The van der Waals surface area contributed by atoms with Gasteiger partial charge in [0.2, 0.25) is 5.91 Å². The number of hydrogen-bond acceptors (Lipinski definition) is 8. The second-order valence-electron chi connectivity index (χ2n) is 11.2. The Bertz CT molecular complexity index is 1470. The summed E-state index contributed by atoms with van der Waals surface area (Å²) in [7, 11) is 0. The van der Waals surface area contributed by atoms with Crippen LogP contribution in [0.15, 0.2) is 62.6 Å². The van der Waals surface area contributed by atoms with Gasteiger partial charge in [-0.2, -0.15) is 5.10 Å². The van der Waals surface area contributed by atoms with Gasteiger partial charge < -0.3 is 5.32 Å². The van der Waals surface area contributed by atoms with Gasteiger partial charge in [0, 0.05) is 39.0 Å². The van der Waals surface area contributed by atoms with Crippen molar-refractivity contribution in [2.75, 3.05) is 0 Å². The van der Waals surface area contributed by atoms with Gasteiger partial charge in [0.15, 0.2) is 5.50 Å². The van der Waals surface area contributed by atoms with Gasteiger partial charge >= 0.3 is 0 Å². The third-order valence-electron chi connectivity index (χ3n) is 8.12. The fourth-order valence-electron chi connectivity index (χ4n) is 5.73. The third kappa shape index (κ3) is 7.29. The van der Waals surface area contributed by atoms with Gasteiger partial charge in [-0.3, -0.25) is 15.0 Å². The van der Waals surface area contributed by atoms with E-state index in [-0.39, 0.29) is 16.8 Å². The zero-order valence-corrected chi connectivity index (χ0v) is 27.3. The fraction of sp³-hybridized carbons (Fsp3) is 0.433. The lowest BCUT2D eigenvalue weighted by Gasteiger charge is -2.27. The Labute approximate surface area is 265 Å². The van der Waals surface area contributed by atoms with E-state index in [1.54, 1.807) is 23.1 Å². The molecule has 2 saturated carbocycles. The Kier molecular flexibility index (Phi) is 8.95. The predicted molar refractivity (Wildman–Crippen MR) is 171 cm³/mol. The molecule has 2 aromatic carbocycles. The zero-order valence-electron chi connectivity index (χ0n) is 22.4. The van der Waals surface area contributed by atoms with E-state index in [4.69, 9.17) is 0 Å². The first kappa shape index (κ1) is 29.0. The number of carbonyl (C=O) groups is 2. The van der Waals surface area contributed by atoms with Gasteiger partial charge in [0.25, 0.3) is 0 Å². The Morgan fingerprint density at radius 3 is 2.39 bits per heavy atom. The summed E-state index contributed by atoms with van der Waals surface area (Å²) in [5.41, 5.74) is 4.60. The molecule has 0 bridgehead atoms. The number of aromatic nitrogens is 2. The molecule has 0 spiro atoms. The number of benzene rings is 2. The molecule has 1 amide bonds.